The number of rotatable bonds is 7. The summed E-state index contributed by atoms with van der Waals surface area (Å²) < 4.78 is 13.5. The van der Waals surface area contributed by atoms with Crippen molar-refractivity contribution < 1.29 is 14.3 Å². The number of fused-ring (bicyclic) bond motifs is 1. The SMILES string of the molecule is COc1ccc(CNc2c(C)cc(C(=O)c3ccc4c(Br)cccn34)cc2C#N)c(OC)c1. The van der Waals surface area contributed by atoms with Gasteiger partial charge in [-0.3, -0.25) is 4.79 Å². The Balaban J connectivity index is 1.64. The molecule has 6 nitrogen and oxygen atoms in total. The average Bonchev–Trinajstić information content (AvgIpc) is 3.27. The topological polar surface area (TPSA) is 75.8 Å². The van der Waals surface area contributed by atoms with Crippen LogP contribution in [-0.4, -0.2) is 24.4 Å². The molecule has 4 aromatic rings. The highest BCUT2D eigenvalue weighted by molar-refractivity contribution is 9.10. The van der Waals surface area contributed by atoms with Crippen LogP contribution in [0.3, 0.4) is 0 Å². The summed E-state index contributed by atoms with van der Waals surface area (Å²) >= 11 is 3.51. The minimum absolute atomic E-state index is 0.143. The highest BCUT2D eigenvalue weighted by atomic mass is 79.9. The molecule has 0 saturated heterocycles. The minimum atomic E-state index is -0.143. The molecule has 1 N–H and O–H groups in total. The van der Waals surface area contributed by atoms with E-state index in [2.05, 4.69) is 27.3 Å². The standard InChI is InChI=1S/C26H22BrN3O3/c1-16-11-18(26(31)23-9-8-22-21(27)5-4-10-30(22)23)12-19(14-28)25(16)29-15-17-6-7-20(32-2)13-24(17)33-3/h4-13,29H,15H2,1-3H3. The number of halogens is 1. The van der Waals surface area contributed by atoms with E-state index in [1.165, 1.54) is 0 Å². The van der Waals surface area contributed by atoms with E-state index in [1.807, 2.05) is 60.0 Å². The van der Waals surface area contributed by atoms with Gasteiger partial charge in [-0.05, 0) is 76.9 Å². The van der Waals surface area contributed by atoms with E-state index in [1.54, 1.807) is 26.4 Å². The Morgan fingerprint density at radius 3 is 2.67 bits per heavy atom. The summed E-state index contributed by atoms with van der Waals surface area (Å²) in [5.41, 5.74) is 4.75. The molecule has 4 rings (SSSR count). The van der Waals surface area contributed by atoms with Crippen LogP contribution in [0.4, 0.5) is 5.69 Å². The van der Waals surface area contributed by atoms with Crippen molar-refractivity contribution >= 4 is 32.9 Å². The fourth-order valence-electron chi connectivity index (χ4n) is 3.86. The van der Waals surface area contributed by atoms with Crippen molar-refractivity contribution in [2.75, 3.05) is 19.5 Å². The Bertz CT molecular complexity index is 1400. The number of aryl methyl sites for hydroxylation is 1. The van der Waals surface area contributed by atoms with Crippen molar-refractivity contribution in [2.24, 2.45) is 0 Å². The number of nitrogens with one attached hydrogen (secondary N) is 1. The maximum atomic E-state index is 13.3. The molecule has 2 aromatic heterocycles. The lowest BCUT2D eigenvalue weighted by Crippen LogP contribution is -2.09. The first-order chi connectivity index (χ1) is 16.0. The number of methoxy groups -OCH3 is 2. The molecule has 166 valence electrons. The molecule has 2 aromatic carbocycles. The van der Waals surface area contributed by atoms with E-state index < -0.39 is 0 Å². The van der Waals surface area contributed by atoms with Gasteiger partial charge in [0.25, 0.3) is 0 Å². The molecule has 0 fully saturated rings. The molecule has 0 aliphatic rings. The number of pyridine rings is 1. The maximum absolute atomic E-state index is 13.3. The van der Waals surface area contributed by atoms with Crippen molar-refractivity contribution in [3.63, 3.8) is 0 Å². The van der Waals surface area contributed by atoms with Gasteiger partial charge in [0.05, 0.1) is 36.7 Å². The Morgan fingerprint density at radius 2 is 1.94 bits per heavy atom. The zero-order valence-corrected chi connectivity index (χ0v) is 20.1. The summed E-state index contributed by atoms with van der Waals surface area (Å²) in [7, 11) is 3.21. The normalized spacial score (nSPS) is 10.6. The second kappa shape index (κ2) is 9.39. The Morgan fingerprint density at radius 1 is 1.12 bits per heavy atom. The first-order valence-electron chi connectivity index (χ1n) is 10.3. The second-order valence-corrected chi connectivity index (χ2v) is 8.37. The first kappa shape index (κ1) is 22.4. The van der Waals surface area contributed by atoms with E-state index in [9.17, 15) is 10.1 Å². The number of nitrogens with zero attached hydrogens (tertiary/aromatic N) is 2. The number of carbonyl (C=O) groups is 1. The molecule has 0 aliphatic carbocycles. The molecule has 0 saturated carbocycles. The van der Waals surface area contributed by atoms with Gasteiger partial charge < -0.3 is 19.2 Å². The largest absolute Gasteiger partial charge is 0.497 e. The first-order valence-corrected chi connectivity index (χ1v) is 11.1. The number of anilines is 1. The van der Waals surface area contributed by atoms with Crippen LogP contribution in [0.15, 0.2) is 65.3 Å². The number of nitriles is 1. The third-order valence-electron chi connectivity index (χ3n) is 5.54. The fraction of sp³-hybridized carbons (Fsp3) is 0.154. The van der Waals surface area contributed by atoms with Crippen molar-refractivity contribution in [2.45, 2.75) is 13.5 Å². The smallest absolute Gasteiger partial charge is 0.209 e. The van der Waals surface area contributed by atoms with Gasteiger partial charge in [-0.25, -0.2) is 0 Å². The molecule has 0 unspecified atom stereocenters. The van der Waals surface area contributed by atoms with E-state index >= 15 is 0 Å². The molecule has 2 heterocycles. The van der Waals surface area contributed by atoms with Crippen molar-refractivity contribution in [1.82, 2.24) is 4.40 Å². The Kier molecular flexibility index (Phi) is 6.38. The van der Waals surface area contributed by atoms with Gasteiger partial charge in [-0.2, -0.15) is 5.26 Å². The average molecular weight is 504 g/mol. The zero-order valence-electron chi connectivity index (χ0n) is 18.5. The van der Waals surface area contributed by atoms with Crippen molar-refractivity contribution in [3.8, 4) is 17.6 Å². The van der Waals surface area contributed by atoms with Crippen LogP contribution in [-0.2, 0) is 6.54 Å². The molecular formula is C26H22BrN3O3. The third-order valence-corrected chi connectivity index (χ3v) is 6.21. The van der Waals surface area contributed by atoms with Crippen LogP contribution in [0, 0.1) is 18.3 Å². The van der Waals surface area contributed by atoms with Crippen LogP contribution >= 0.6 is 15.9 Å². The third kappa shape index (κ3) is 4.30. The molecule has 0 bridgehead atoms. The number of aromatic nitrogens is 1. The van der Waals surface area contributed by atoms with Crippen LogP contribution in [0.25, 0.3) is 5.52 Å². The number of hydrogen-bond acceptors (Lipinski definition) is 5. The van der Waals surface area contributed by atoms with Gasteiger partial charge in [0.2, 0.25) is 5.78 Å². The molecule has 7 heteroatoms. The van der Waals surface area contributed by atoms with Crippen molar-refractivity contribution in [1.29, 1.82) is 5.26 Å². The summed E-state index contributed by atoms with van der Waals surface area (Å²) in [6, 6.07) is 18.8. The lowest BCUT2D eigenvalue weighted by atomic mass is 9.99. The summed E-state index contributed by atoms with van der Waals surface area (Å²) in [5, 5.41) is 13.1. The number of ether oxygens (including phenoxy) is 2. The molecule has 0 radical (unpaired) electrons. The van der Waals surface area contributed by atoms with Gasteiger partial charge in [0.1, 0.15) is 17.6 Å². The summed E-state index contributed by atoms with van der Waals surface area (Å²) in [4.78, 5) is 13.3. The maximum Gasteiger partial charge on any atom is 0.209 e. The van der Waals surface area contributed by atoms with Gasteiger partial charge in [-0.1, -0.05) is 0 Å². The van der Waals surface area contributed by atoms with Gasteiger partial charge in [0.15, 0.2) is 0 Å². The molecule has 0 aliphatic heterocycles. The lowest BCUT2D eigenvalue weighted by Gasteiger charge is -2.15. The number of hydrogen-bond donors (Lipinski definition) is 1. The Labute approximate surface area is 200 Å². The number of benzene rings is 2. The highest BCUT2D eigenvalue weighted by Crippen LogP contribution is 2.29. The molecule has 0 amide bonds. The minimum Gasteiger partial charge on any atom is -0.497 e. The highest BCUT2D eigenvalue weighted by Gasteiger charge is 2.18. The summed E-state index contributed by atoms with van der Waals surface area (Å²) in [5.74, 6) is 1.25. The summed E-state index contributed by atoms with van der Waals surface area (Å²) in [6.07, 6.45) is 1.85. The van der Waals surface area contributed by atoms with Crippen molar-refractivity contribution in [3.05, 3.63) is 93.2 Å². The number of ketones is 1. The zero-order chi connectivity index (χ0) is 23.5. The van der Waals surface area contributed by atoms with Gasteiger partial charge in [-0.15, -0.1) is 0 Å². The van der Waals surface area contributed by atoms with Gasteiger partial charge in [0, 0.05) is 34.4 Å². The van der Waals surface area contributed by atoms with Gasteiger partial charge >= 0.3 is 0 Å². The van der Waals surface area contributed by atoms with Crippen LogP contribution in [0.5, 0.6) is 11.5 Å². The van der Waals surface area contributed by atoms with Crippen LogP contribution in [0.2, 0.25) is 0 Å². The lowest BCUT2D eigenvalue weighted by molar-refractivity contribution is 0.103. The molecule has 0 atom stereocenters. The van der Waals surface area contributed by atoms with Crippen LogP contribution < -0.4 is 14.8 Å². The predicted octanol–water partition coefficient (Wildman–Crippen LogP) is 5.74. The monoisotopic (exact) mass is 503 g/mol. The quantitative estimate of drug-likeness (QED) is 0.325. The van der Waals surface area contributed by atoms with E-state index in [0.717, 1.165) is 21.1 Å². The van der Waals surface area contributed by atoms with E-state index in [-0.39, 0.29) is 5.78 Å². The molecule has 0 spiro atoms. The summed E-state index contributed by atoms with van der Waals surface area (Å²) in [6.45, 7) is 2.34. The van der Waals surface area contributed by atoms with Crippen LogP contribution in [0.1, 0.15) is 32.7 Å². The predicted molar refractivity (Wildman–Crippen MR) is 131 cm³/mol. The van der Waals surface area contributed by atoms with E-state index in [4.69, 9.17) is 9.47 Å². The fourth-order valence-corrected chi connectivity index (χ4v) is 4.33. The second-order valence-electron chi connectivity index (χ2n) is 7.52. The molecule has 33 heavy (non-hydrogen) atoms. The van der Waals surface area contributed by atoms with E-state index in [0.29, 0.717) is 40.6 Å². The number of carbonyl (C=O) groups excluding carboxylic acids is 1. The Hall–Kier alpha value is -3.76. The molecular weight excluding hydrogens is 482 g/mol.